The SMILES string of the molecule is C#CCCCCNCc1c(Cl)cccc1Cl. The fourth-order valence-electron chi connectivity index (χ4n) is 1.39. The fourth-order valence-corrected chi connectivity index (χ4v) is 1.92. The first-order valence-electron chi connectivity index (χ1n) is 5.32. The second-order valence-corrected chi connectivity index (χ2v) is 4.35. The largest absolute Gasteiger partial charge is 0.313 e. The molecule has 0 fully saturated rings. The zero-order valence-corrected chi connectivity index (χ0v) is 10.6. The third-order valence-electron chi connectivity index (χ3n) is 2.29. The van der Waals surface area contributed by atoms with E-state index >= 15 is 0 Å². The molecule has 1 N–H and O–H groups in total. The Morgan fingerprint density at radius 1 is 1.19 bits per heavy atom. The lowest BCUT2D eigenvalue weighted by Crippen LogP contribution is -2.15. The summed E-state index contributed by atoms with van der Waals surface area (Å²) in [5, 5.41) is 4.73. The van der Waals surface area contributed by atoms with E-state index in [9.17, 15) is 0 Å². The van der Waals surface area contributed by atoms with Crippen LogP contribution in [-0.2, 0) is 6.54 Å². The minimum atomic E-state index is 0.703. The summed E-state index contributed by atoms with van der Waals surface area (Å²) >= 11 is 12.1. The van der Waals surface area contributed by atoms with Crippen LogP contribution in [-0.4, -0.2) is 6.54 Å². The van der Waals surface area contributed by atoms with E-state index in [0.717, 1.165) is 31.4 Å². The van der Waals surface area contributed by atoms with Gasteiger partial charge in [0.1, 0.15) is 0 Å². The molecule has 0 bridgehead atoms. The first-order chi connectivity index (χ1) is 7.75. The lowest BCUT2D eigenvalue weighted by molar-refractivity contribution is 0.630. The molecule has 0 saturated heterocycles. The molecule has 0 spiro atoms. The molecule has 0 aliphatic rings. The molecule has 0 saturated carbocycles. The van der Waals surface area contributed by atoms with Crippen molar-refractivity contribution >= 4 is 23.2 Å². The summed E-state index contributed by atoms with van der Waals surface area (Å²) in [6, 6.07) is 5.55. The number of halogens is 2. The van der Waals surface area contributed by atoms with Gasteiger partial charge in [-0.2, -0.15) is 0 Å². The van der Waals surface area contributed by atoms with Gasteiger partial charge in [0.25, 0.3) is 0 Å². The van der Waals surface area contributed by atoms with Gasteiger partial charge in [0, 0.05) is 28.6 Å². The highest BCUT2D eigenvalue weighted by Crippen LogP contribution is 2.23. The Labute approximate surface area is 107 Å². The van der Waals surface area contributed by atoms with Gasteiger partial charge in [-0.3, -0.25) is 0 Å². The van der Waals surface area contributed by atoms with Crippen molar-refractivity contribution in [3.63, 3.8) is 0 Å². The van der Waals surface area contributed by atoms with E-state index in [1.54, 1.807) is 0 Å². The predicted molar refractivity (Wildman–Crippen MR) is 70.9 cm³/mol. The summed E-state index contributed by atoms with van der Waals surface area (Å²) in [6.07, 6.45) is 8.14. The zero-order chi connectivity index (χ0) is 11.8. The van der Waals surface area contributed by atoms with Crippen molar-refractivity contribution in [1.29, 1.82) is 0 Å². The van der Waals surface area contributed by atoms with E-state index in [0.29, 0.717) is 16.6 Å². The molecule has 0 aromatic heterocycles. The molecule has 0 aliphatic carbocycles. The van der Waals surface area contributed by atoms with Crippen LogP contribution in [0.5, 0.6) is 0 Å². The van der Waals surface area contributed by atoms with E-state index < -0.39 is 0 Å². The molecule has 0 heterocycles. The van der Waals surface area contributed by atoms with E-state index in [-0.39, 0.29) is 0 Å². The molecule has 0 atom stereocenters. The van der Waals surface area contributed by atoms with E-state index in [4.69, 9.17) is 29.6 Å². The molecular formula is C13H15Cl2N. The number of nitrogens with one attached hydrogen (secondary N) is 1. The number of unbranched alkanes of at least 4 members (excludes halogenated alkanes) is 2. The number of hydrogen-bond donors (Lipinski definition) is 1. The molecule has 1 rings (SSSR count). The Morgan fingerprint density at radius 2 is 1.88 bits per heavy atom. The number of terminal acetylenes is 1. The maximum atomic E-state index is 6.04. The molecule has 1 nitrogen and oxygen atoms in total. The fraction of sp³-hybridized carbons (Fsp3) is 0.385. The van der Waals surface area contributed by atoms with E-state index in [1.807, 2.05) is 18.2 Å². The number of rotatable bonds is 6. The summed E-state index contributed by atoms with van der Waals surface area (Å²) in [5.74, 6) is 2.62. The number of benzene rings is 1. The Kier molecular flexibility index (Phi) is 6.33. The molecule has 0 amide bonds. The molecular weight excluding hydrogens is 241 g/mol. The van der Waals surface area contributed by atoms with Crippen LogP contribution in [0.4, 0.5) is 0 Å². The standard InChI is InChI=1S/C13H15Cl2N/c1-2-3-4-5-9-16-10-11-12(14)7-6-8-13(11)15/h1,6-8,16H,3-5,9-10H2. The molecule has 1 aromatic carbocycles. The predicted octanol–water partition coefficient (Wildman–Crippen LogP) is 3.89. The highest BCUT2D eigenvalue weighted by molar-refractivity contribution is 6.35. The van der Waals surface area contributed by atoms with Crippen LogP contribution in [0.1, 0.15) is 24.8 Å². The Morgan fingerprint density at radius 3 is 2.50 bits per heavy atom. The van der Waals surface area contributed by atoms with Crippen molar-refractivity contribution in [3.8, 4) is 12.3 Å². The second-order valence-electron chi connectivity index (χ2n) is 3.54. The molecule has 86 valence electrons. The topological polar surface area (TPSA) is 12.0 Å². The van der Waals surface area contributed by atoms with Gasteiger partial charge in [-0.05, 0) is 31.5 Å². The van der Waals surface area contributed by atoms with Crippen LogP contribution in [0, 0.1) is 12.3 Å². The highest BCUT2D eigenvalue weighted by atomic mass is 35.5. The van der Waals surface area contributed by atoms with Crippen LogP contribution in [0.15, 0.2) is 18.2 Å². The quantitative estimate of drug-likeness (QED) is 0.601. The summed E-state index contributed by atoms with van der Waals surface area (Å²) in [6.45, 7) is 1.64. The molecule has 16 heavy (non-hydrogen) atoms. The van der Waals surface area contributed by atoms with Crippen LogP contribution in [0.2, 0.25) is 10.0 Å². The van der Waals surface area contributed by atoms with Gasteiger partial charge in [0.05, 0.1) is 0 Å². The Balaban J connectivity index is 2.30. The molecule has 0 unspecified atom stereocenters. The van der Waals surface area contributed by atoms with Gasteiger partial charge in [-0.1, -0.05) is 29.3 Å². The molecule has 3 heteroatoms. The van der Waals surface area contributed by atoms with Gasteiger partial charge >= 0.3 is 0 Å². The monoisotopic (exact) mass is 255 g/mol. The smallest absolute Gasteiger partial charge is 0.0465 e. The van der Waals surface area contributed by atoms with Crippen molar-refractivity contribution in [2.45, 2.75) is 25.8 Å². The van der Waals surface area contributed by atoms with Crippen molar-refractivity contribution < 1.29 is 0 Å². The average Bonchev–Trinajstić information content (AvgIpc) is 2.26. The lowest BCUT2D eigenvalue weighted by Gasteiger charge is -2.08. The number of hydrogen-bond acceptors (Lipinski definition) is 1. The van der Waals surface area contributed by atoms with Crippen molar-refractivity contribution in [3.05, 3.63) is 33.8 Å². The molecule has 0 radical (unpaired) electrons. The van der Waals surface area contributed by atoms with Crippen LogP contribution < -0.4 is 5.32 Å². The summed E-state index contributed by atoms with van der Waals surface area (Å²) in [5.41, 5.74) is 0.961. The van der Waals surface area contributed by atoms with Crippen molar-refractivity contribution in [1.82, 2.24) is 5.32 Å². The summed E-state index contributed by atoms with van der Waals surface area (Å²) in [7, 11) is 0. The zero-order valence-electron chi connectivity index (χ0n) is 9.10. The maximum Gasteiger partial charge on any atom is 0.0465 e. The van der Waals surface area contributed by atoms with Gasteiger partial charge in [-0.15, -0.1) is 12.3 Å². The summed E-state index contributed by atoms with van der Waals surface area (Å²) in [4.78, 5) is 0. The maximum absolute atomic E-state index is 6.04. The Hall–Kier alpha value is -0.680. The van der Waals surface area contributed by atoms with E-state index in [1.165, 1.54) is 0 Å². The first kappa shape index (κ1) is 13.4. The molecule has 1 aromatic rings. The minimum Gasteiger partial charge on any atom is -0.313 e. The van der Waals surface area contributed by atoms with Crippen LogP contribution >= 0.6 is 23.2 Å². The Bertz CT molecular complexity index is 348. The van der Waals surface area contributed by atoms with Gasteiger partial charge in [0.15, 0.2) is 0 Å². The van der Waals surface area contributed by atoms with Gasteiger partial charge in [-0.25, -0.2) is 0 Å². The summed E-state index contributed by atoms with van der Waals surface area (Å²) < 4.78 is 0. The van der Waals surface area contributed by atoms with Gasteiger partial charge in [0.2, 0.25) is 0 Å². The minimum absolute atomic E-state index is 0.703. The molecule has 0 aliphatic heterocycles. The van der Waals surface area contributed by atoms with E-state index in [2.05, 4.69) is 11.2 Å². The lowest BCUT2D eigenvalue weighted by atomic mass is 10.2. The van der Waals surface area contributed by atoms with Gasteiger partial charge < -0.3 is 5.32 Å². The van der Waals surface area contributed by atoms with Crippen LogP contribution in [0.25, 0.3) is 0 Å². The second kappa shape index (κ2) is 7.57. The first-order valence-corrected chi connectivity index (χ1v) is 6.08. The van der Waals surface area contributed by atoms with Crippen molar-refractivity contribution in [2.24, 2.45) is 0 Å². The third-order valence-corrected chi connectivity index (χ3v) is 3.00. The third kappa shape index (κ3) is 4.45. The normalized spacial score (nSPS) is 10.1. The average molecular weight is 256 g/mol. The van der Waals surface area contributed by atoms with Crippen LogP contribution in [0.3, 0.4) is 0 Å². The highest BCUT2D eigenvalue weighted by Gasteiger charge is 2.03. The van der Waals surface area contributed by atoms with Crippen molar-refractivity contribution in [2.75, 3.05) is 6.54 Å².